The van der Waals surface area contributed by atoms with E-state index in [1.165, 1.54) is 41.3 Å². The molecule has 2 fully saturated rings. The number of hydrogen-bond acceptors (Lipinski definition) is 2. The van der Waals surface area contributed by atoms with Gasteiger partial charge in [-0.3, -0.25) is 0 Å². The normalized spacial score (nSPS) is 30.0. The van der Waals surface area contributed by atoms with Gasteiger partial charge in [0.15, 0.2) is 0 Å². The van der Waals surface area contributed by atoms with Gasteiger partial charge in [-0.15, -0.1) is 0 Å². The van der Waals surface area contributed by atoms with Gasteiger partial charge < -0.3 is 9.32 Å². The van der Waals surface area contributed by atoms with E-state index in [-0.39, 0.29) is 0 Å². The van der Waals surface area contributed by atoms with E-state index in [0.717, 1.165) is 17.1 Å². The highest BCUT2D eigenvalue weighted by atomic mass is 16.3. The largest absolute Gasteiger partial charge is 0.456 e. The zero-order valence-corrected chi connectivity index (χ0v) is 14.1. The first kappa shape index (κ1) is 13.5. The maximum atomic E-state index is 6.05. The number of aryl methyl sites for hydroxylation is 1. The van der Waals surface area contributed by atoms with Gasteiger partial charge in [0.25, 0.3) is 0 Å². The first-order valence-corrected chi connectivity index (χ1v) is 8.78. The molecule has 2 heteroatoms. The second kappa shape index (κ2) is 4.31. The third-order valence-corrected chi connectivity index (χ3v) is 6.38. The smallest absolute Gasteiger partial charge is 0.135 e. The Morgan fingerprint density at radius 1 is 1.13 bits per heavy atom. The van der Waals surface area contributed by atoms with Crippen LogP contribution in [0.5, 0.6) is 0 Å². The molecule has 2 aliphatic rings. The van der Waals surface area contributed by atoms with Gasteiger partial charge in [-0.25, -0.2) is 0 Å². The van der Waals surface area contributed by atoms with Crippen LogP contribution in [0.2, 0.25) is 0 Å². The van der Waals surface area contributed by atoms with Crippen molar-refractivity contribution in [2.24, 2.45) is 5.92 Å². The van der Waals surface area contributed by atoms with Crippen LogP contribution in [0.15, 0.2) is 40.8 Å². The van der Waals surface area contributed by atoms with Crippen LogP contribution in [0.3, 0.4) is 0 Å². The number of rotatable bonds is 1. The van der Waals surface area contributed by atoms with Gasteiger partial charge in [-0.1, -0.05) is 18.2 Å². The van der Waals surface area contributed by atoms with Crippen LogP contribution in [0.4, 0.5) is 5.69 Å². The van der Waals surface area contributed by atoms with E-state index in [1.54, 1.807) is 0 Å². The predicted octanol–water partition coefficient (Wildman–Crippen LogP) is 5.66. The van der Waals surface area contributed by atoms with E-state index in [1.807, 2.05) is 6.07 Å². The number of fused-ring (bicyclic) bond motifs is 5. The Hall–Kier alpha value is -1.96. The highest BCUT2D eigenvalue weighted by Gasteiger charge is 2.51. The molecule has 118 valence electrons. The average molecular weight is 305 g/mol. The molecule has 3 unspecified atom stereocenters. The summed E-state index contributed by atoms with van der Waals surface area (Å²) in [7, 11) is 0. The molecule has 1 saturated carbocycles. The molecule has 3 atom stereocenters. The third-order valence-electron chi connectivity index (χ3n) is 6.38. The van der Waals surface area contributed by atoms with Crippen molar-refractivity contribution >= 4 is 27.6 Å². The van der Waals surface area contributed by atoms with E-state index in [9.17, 15) is 0 Å². The second-order valence-corrected chi connectivity index (χ2v) is 7.84. The zero-order chi connectivity index (χ0) is 15.8. The molecule has 2 heterocycles. The summed E-state index contributed by atoms with van der Waals surface area (Å²) < 4.78 is 6.05. The molecule has 5 rings (SSSR count). The van der Waals surface area contributed by atoms with Crippen molar-refractivity contribution in [3.63, 3.8) is 0 Å². The summed E-state index contributed by atoms with van der Waals surface area (Å²) in [5, 5.41) is 2.48. The fourth-order valence-electron chi connectivity index (χ4n) is 5.23. The molecule has 0 spiro atoms. The minimum atomic E-state index is 0.335. The van der Waals surface area contributed by atoms with Crippen molar-refractivity contribution < 1.29 is 4.42 Å². The average Bonchev–Trinajstić information content (AvgIpc) is 3.15. The molecular weight excluding hydrogens is 282 g/mol. The second-order valence-electron chi connectivity index (χ2n) is 7.84. The lowest BCUT2D eigenvalue weighted by Gasteiger charge is -2.43. The molecule has 2 bridgehead atoms. The molecule has 0 radical (unpaired) electrons. The van der Waals surface area contributed by atoms with Gasteiger partial charge in [0.2, 0.25) is 0 Å². The summed E-state index contributed by atoms with van der Waals surface area (Å²) >= 11 is 0. The molecule has 0 N–H and O–H groups in total. The van der Waals surface area contributed by atoms with Gasteiger partial charge in [0.1, 0.15) is 11.2 Å². The predicted molar refractivity (Wildman–Crippen MR) is 96.1 cm³/mol. The van der Waals surface area contributed by atoms with Crippen LogP contribution < -0.4 is 4.90 Å². The summed E-state index contributed by atoms with van der Waals surface area (Å²) in [6.45, 7) is 7.09. The number of piperidine rings is 1. The topological polar surface area (TPSA) is 16.4 Å². The number of nitrogens with zero attached hydrogens (tertiary/aromatic N) is 1. The monoisotopic (exact) mass is 305 g/mol. The fourth-order valence-corrected chi connectivity index (χ4v) is 5.23. The summed E-state index contributed by atoms with van der Waals surface area (Å²) in [4.78, 5) is 2.71. The number of anilines is 1. The summed E-state index contributed by atoms with van der Waals surface area (Å²) in [6.07, 6.45) is 4.06. The molecule has 1 saturated heterocycles. The molecule has 1 aliphatic heterocycles. The molecule has 23 heavy (non-hydrogen) atoms. The quantitative estimate of drug-likeness (QED) is 0.576. The fraction of sp³-hybridized carbons (Fsp3) is 0.429. The SMILES string of the molecule is Cc1cc2oc3ccccc3c2cc1N1C(C)C2CCC1(C)C2. The lowest BCUT2D eigenvalue weighted by atomic mass is 9.95. The van der Waals surface area contributed by atoms with E-state index in [0.29, 0.717) is 11.6 Å². The van der Waals surface area contributed by atoms with E-state index >= 15 is 0 Å². The molecule has 1 aliphatic carbocycles. The molecule has 0 amide bonds. The Kier molecular flexibility index (Phi) is 2.53. The maximum Gasteiger partial charge on any atom is 0.135 e. The number of para-hydroxylation sites is 1. The van der Waals surface area contributed by atoms with Gasteiger partial charge in [-0.05, 0) is 69.7 Å². The Labute approximate surface area is 137 Å². The minimum absolute atomic E-state index is 0.335. The van der Waals surface area contributed by atoms with Crippen molar-refractivity contribution in [3.8, 4) is 0 Å². The van der Waals surface area contributed by atoms with E-state index in [2.05, 4.69) is 56.0 Å². The third kappa shape index (κ3) is 1.69. The lowest BCUT2D eigenvalue weighted by Crippen LogP contribution is -2.47. The van der Waals surface area contributed by atoms with Crippen LogP contribution in [-0.2, 0) is 0 Å². The van der Waals surface area contributed by atoms with Crippen LogP contribution in [0.25, 0.3) is 21.9 Å². The van der Waals surface area contributed by atoms with Crippen molar-refractivity contribution in [2.75, 3.05) is 4.90 Å². The Morgan fingerprint density at radius 2 is 1.96 bits per heavy atom. The highest BCUT2D eigenvalue weighted by molar-refractivity contribution is 6.06. The van der Waals surface area contributed by atoms with Gasteiger partial charge in [0, 0.05) is 28.0 Å². The molecule has 1 aromatic heterocycles. The Morgan fingerprint density at radius 3 is 2.74 bits per heavy atom. The highest BCUT2D eigenvalue weighted by Crippen LogP contribution is 2.52. The number of hydrogen-bond donors (Lipinski definition) is 0. The van der Waals surface area contributed by atoms with E-state index in [4.69, 9.17) is 4.42 Å². The van der Waals surface area contributed by atoms with Crippen molar-refractivity contribution in [3.05, 3.63) is 42.0 Å². The molecule has 3 aromatic rings. The van der Waals surface area contributed by atoms with Crippen molar-refractivity contribution in [1.82, 2.24) is 0 Å². The number of benzene rings is 2. The van der Waals surface area contributed by atoms with Crippen LogP contribution >= 0.6 is 0 Å². The van der Waals surface area contributed by atoms with Gasteiger partial charge >= 0.3 is 0 Å². The standard InChI is InChI=1S/C21H23NO/c1-13-10-20-17(16-6-4-5-7-19(16)23-20)11-18(13)22-14(2)15-8-9-21(22,3)12-15/h4-7,10-11,14-15H,8-9,12H2,1-3H3. The van der Waals surface area contributed by atoms with Gasteiger partial charge in [0.05, 0.1) is 0 Å². The lowest BCUT2D eigenvalue weighted by molar-refractivity contribution is 0.402. The van der Waals surface area contributed by atoms with Crippen LogP contribution in [0, 0.1) is 12.8 Å². The van der Waals surface area contributed by atoms with Gasteiger partial charge in [-0.2, -0.15) is 0 Å². The maximum absolute atomic E-state index is 6.05. The van der Waals surface area contributed by atoms with Crippen molar-refractivity contribution in [2.45, 2.75) is 51.6 Å². The first-order chi connectivity index (χ1) is 11.1. The van der Waals surface area contributed by atoms with Crippen LogP contribution in [-0.4, -0.2) is 11.6 Å². The molecule has 2 aromatic carbocycles. The zero-order valence-electron chi connectivity index (χ0n) is 14.1. The number of furan rings is 1. The Balaban J connectivity index is 1.75. The Bertz CT molecular complexity index is 924. The minimum Gasteiger partial charge on any atom is -0.456 e. The van der Waals surface area contributed by atoms with Crippen molar-refractivity contribution in [1.29, 1.82) is 0 Å². The first-order valence-electron chi connectivity index (χ1n) is 8.78. The summed E-state index contributed by atoms with van der Waals surface area (Å²) in [5.74, 6) is 0.858. The van der Waals surface area contributed by atoms with Crippen LogP contribution in [0.1, 0.15) is 38.7 Å². The molecule has 2 nitrogen and oxygen atoms in total. The summed E-state index contributed by atoms with van der Waals surface area (Å²) in [6, 6.07) is 13.6. The summed E-state index contributed by atoms with van der Waals surface area (Å²) in [5.41, 5.74) is 5.07. The molecular formula is C21H23NO. The van der Waals surface area contributed by atoms with E-state index < -0.39 is 0 Å².